The standard InChI is InChI=1S/C24H18N8O/c1-14-4-3-5-19(31-14)33-17-8-6-15(7-9-17)20-21-23(26)29-13-30-24(21)32(2)22(20)16-11-27-18(10-25)28-12-16/h3-9,11-13H,1-2H3,(H2,26,29,30). The van der Waals surface area contributed by atoms with E-state index in [4.69, 9.17) is 15.7 Å². The molecule has 0 atom stereocenters. The van der Waals surface area contributed by atoms with E-state index in [2.05, 4.69) is 24.9 Å². The van der Waals surface area contributed by atoms with Crippen LogP contribution in [0, 0.1) is 18.3 Å². The van der Waals surface area contributed by atoms with Gasteiger partial charge in [-0.3, -0.25) is 0 Å². The molecule has 33 heavy (non-hydrogen) atoms. The Morgan fingerprint density at radius 3 is 2.42 bits per heavy atom. The molecule has 0 fully saturated rings. The summed E-state index contributed by atoms with van der Waals surface area (Å²) < 4.78 is 7.82. The maximum absolute atomic E-state index is 9.05. The van der Waals surface area contributed by atoms with Crippen LogP contribution in [0.1, 0.15) is 11.5 Å². The number of hydrogen-bond acceptors (Lipinski definition) is 8. The molecule has 0 aliphatic carbocycles. The minimum Gasteiger partial charge on any atom is -0.439 e. The first kappa shape index (κ1) is 20.1. The number of ether oxygens (including phenoxy) is 1. The quantitative estimate of drug-likeness (QED) is 0.449. The average Bonchev–Trinajstić information content (AvgIpc) is 3.13. The Hall–Kier alpha value is -4.84. The van der Waals surface area contributed by atoms with Crippen molar-refractivity contribution in [1.82, 2.24) is 29.5 Å². The van der Waals surface area contributed by atoms with Gasteiger partial charge in [0.05, 0.1) is 11.1 Å². The van der Waals surface area contributed by atoms with Crippen molar-refractivity contribution in [3.63, 3.8) is 0 Å². The van der Waals surface area contributed by atoms with E-state index in [1.807, 2.05) is 67.1 Å². The van der Waals surface area contributed by atoms with Gasteiger partial charge in [-0.25, -0.2) is 24.9 Å². The van der Waals surface area contributed by atoms with Gasteiger partial charge >= 0.3 is 0 Å². The molecule has 2 N–H and O–H groups in total. The molecule has 9 nitrogen and oxygen atoms in total. The van der Waals surface area contributed by atoms with E-state index in [1.54, 1.807) is 12.4 Å². The Morgan fingerprint density at radius 1 is 0.970 bits per heavy atom. The number of aryl methyl sites for hydroxylation is 2. The predicted octanol–water partition coefficient (Wildman–Crippen LogP) is 4.04. The number of anilines is 1. The molecule has 1 aromatic carbocycles. The van der Waals surface area contributed by atoms with Gasteiger partial charge in [0.15, 0.2) is 0 Å². The van der Waals surface area contributed by atoms with Crippen LogP contribution in [0.3, 0.4) is 0 Å². The molecule has 4 aromatic heterocycles. The van der Waals surface area contributed by atoms with E-state index >= 15 is 0 Å². The maximum Gasteiger partial charge on any atom is 0.232 e. The molecule has 0 radical (unpaired) electrons. The van der Waals surface area contributed by atoms with Gasteiger partial charge in [-0.15, -0.1) is 0 Å². The van der Waals surface area contributed by atoms with Crippen LogP contribution in [0.2, 0.25) is 0 Å². The van der Waals surface area contributed by atoms with Gasteiger partial charge in [0, 0.05) is 42.3 Å². The summed E-state index contributed by atoms with van der Waals surface area (Å²) in [5, 5.41) is 9.78. The van der Waals surface area contributed by atoms with Gasteiger partial charge in [-0.05, 0) is 30.7 Å². The fourth-order valence-corrected chi connectivity index (χ4v) is 3.79. The third-order valence-corrected chi connectivity index (χ3v) is 5.25. The van der Waals surface area contributed by atoms with E-state index in [-0.39, 0.29) is 5.82 Å². The normalized spacial score (nSPS) is 10.8. The van der Waals surface area contributed by atoms with E-state index < -0.39 is 0 Å². The van der Waals surface area contributed by atoms with Crippen molar-refractivity contribution < 1.29 is 4.74 Å². The zero-order valence-electron chi connectivity index (χ0n) is 17.9. The Kier molecular flexibility index (Phi) is 4.88. The highest BCUT2D eigenvalue weighted by Crippen LogP contribution is 2.41. The molecule has 0 bridgehead atoms. The first-order valence-electron chi connectivity index (χ1n) is 10.1. The Balaban J connectivity index is 1.64. The summed E-state index contributed by atoms with van der Waals surface area (Å²) in [6.07, 6.45) is 4.67. The highest BCUT2D eigenvalue weighted by molar-refractivity contribution is 6.07. The monoisotopic (exact) mass is 434 g/mol. The molecule has 0 amide bonds. The van der Waals surface area contributed by atoms with Crippen LogP contribution in [0.25, 0.3) is 33.4 Å². The molecule has 0 spiro atoms. The van der Waals surface area contributed by atoms with E-state index in [0.29, 0.717) is 23.1 Å². The predicted molar refractivity (Wildman–Crippen MR) is 123 cm³/mol. The van der Waals surface area contributed by atoms with Gasteiger partial charge in [0.25, 0.3) is 0 Å². The molecule has 0 saturated carbocycles. The molecule has 5 rings (SSSR count). The summed E-state index contributed by atoms with van der Waals surface area (Å²) >= 11 is 0. The summed E-state index contributed by atoms with van der Waals surface area (Å²) in [6.45, 7) is 1.91. The largest absolute Gasteiger partial charge is 0.439 e. The summed E-state index contributed by atoms with van der Waals surface area (Å²) in [4.78, 5) is 21.3. The van der Waals surface area contributed by atoms with Crippen LogP contribution in [0.15, 0.2) is 61.2 Å². The van der Waals surface area contributed by atoms with Crippen molar-refractivity contribution in [2.75, 3.05) is 5.73 Å². The van der Waals surface area contributed by atoms with Gasteiger partial charge in [-0.2, -0.15) is 5.26 Å². The molecule has 160 valence electrons. The summed E-state index contributed by atoms with van der Waals surface area (Å²) in [5.41, 5.74) is 11.1. The number of rotatable bonds is 4. The maximum atomic E-state index is 9.05. The minimum atomic E-state index is 0.102. The molecule has 0 aliphatic rings. The molecule has 0 saturated heterocycles. The first-order valence-corrected chi connectivity index (χ1v) is 10.1. The summed E-state index contributed by atoms with van der Waals surface area (Å²) in [5.74, 6) is 1.66. The second-order valence-corrected chi connectivity index (χ2v) is 7.39. The van der Waals surface area contributed by atoms with Gasteiger partial charge < -0.3 is 15.0 Å². The fraction of sp³-hybridized carbons (Fsp3) is 0.0833. The molecule has 5 aromatic rings. The third-order valence-electron chi connectivity index (χ3n) is 5.25. The van der Waals surface area contributed by atoms with Gasteiger partial charge in [-0.1, -0.05) is 18.2 Å². The van der Waals surface area contributed by atoms with Crippen molar-refractivity contribution in [3.05, 3.63) is 72.7 Å². The summed E-state index contributed by atoms with van der Waals surface area (Å²) in [7, 11) is 1.90. The lowest BCUT2D eigenvalue weighted by molar-refractivity contribution is 0.462. The van der Waals surface area contributed by atoms with Crippen LogP contribution in [-0.4, -0.2) is 29.5 Å². The number of fused-ring (bicyclic) bond motifs is 1. The number of pyridine rings is 1. The Morgan fingerprint density at radius 2 is 1.73 bits per heavy atom. The van der Waals surface area contributed by atoms with Gasteiger partial charge in [0.1, 0.15) is 29.6 Å². The Labute approximate surface area is 189 Å². The topological polar surface area (TPSA) is 128 Å². The highest BCUT2D eigenvalue weighted by Gasteiger charge is 2.22. The molecule has 0 aliphatic heterocycles. The second-order valence-electron chi connectivity index (χ2n) is 7.39. The van der Waals surface area contributed by atoms with Crippen LogP contribution >= 0.6 is 0 Å². The van der Waals surface area contributed by atoms with E-state index in [1.165, 1.54) is 6.33 Å². The lowest BCUT2D eigenvalue weighted by atomic mass is 10.00. The smallest absolute Gasteiger partial charge is 0.232 e. The van der Waals surface area contributed by atoms with Crippen LogP contribution in [0.5, 0.6) is 11.6 Å². The Bertz CT molecular complexity index is 1520. The van der Waals surface area contributed by atoms with Crippen molar-refractivity contribution in [1.29, 1.82) is 5.26 Å². The summed E-state index contributed by atoms with van der Waals surface area (Å²) in [6, 6.07) is 15.2. The lowest BCUT2D eigenvalue weighted by Crippen LogP contribution is -1.97. The van der Waals surface area contributed by atoms with Crippen LogP contribution in [0.4, 0.5) is 5.82 Å². The molecule has 9 heteroatoms. The van der Waals surface area contributed by atoms with Crippen LogP contribution < -0.4 is 10.5 Å². The minimum absolute atomic E-state index is 0.102. The van der Waals surface area contributed by atoms with Crippen molar-refractivity contribution >= 4 is 16.9 Å². The van der Waals surface area contributed by atoms with E-state index in [9.17, 15) is 0 Å². The number of nitrogens with zero attached hydrogens (tertiary/aromatic N) is 7. The SMILES string of the molecule is Cc1cccc(Oc2ccc(-c3c(-c4cnc(C#N)nc4)n(C)c4ncnc(N)c34)cc2)n1. The second kappa shape index (κ2) is 8.01. The fourth-order valence-electron chi connectivity index (χ4n) is 3.79. The third kappa shape index (κ3) is 3.59. The number of benzene rings is 1. The molecule has 0 unspecified atom stereocenters. The first-order chi connectivity index (χ1) is 16.0. The lowest BCUT2D eigenvalue weighted by Gasteiger charge is -2.10. The average molecular weight is 434 g/mol. The van der Waals surface area contributed by atoms with Crippen molar-refractivity contribution in [2.45, 2.75) is 6.92 Å². The number of hydrogen-bond donors (Lipinski definition) is 1. The van der Waals surface area contributed by atoms with E-state index in [0.717, 1.165) is 33.5 Å². The molecular formula is C24H18N8O. The van der Waals surface area contributed by atoms with Crippen LogP contribution in [-0.2, 0) is 7.05 Å². The molecular weight excluding hydrogens is 416 g/mol. The highest BCUT2D eigenvalue weighted by atomic mass is 16.5. The molecule has 4 heterocycles. The number of nitriles is 1. The number of nitrogen functional groups attached to an aromatic ring is 1. The van der Waals surface area contributed by atoms with Crippen molar-refractivity contribution in [2.24, 2.45) is 7.05 Å². The zero-order valence-corrected chi connectivity index (χ0v) is 17.9. The van der Waals surface area contributed by atoms with Crippen molar-refractivity contribution in [3.8, 4) is 40.1 Å². The number of aromatic nitrogens is 6. The zero-order chi connectivity index (χ0) is 22.9. The number of nitrogens with two attached hydrogens (primary N) is 1. The van der Waals surface area contributed by atoms with Gasteiger partial charge in [0.2, 0.25) is 11.7 Å².